The number of thioether (sulfide) groups is 1. The second-order valence-electron chi connectivity index (χ2n) is 3.56. The zero-order valence-corrected chi connectivity index (χ0v) is 10.7. The number of carbonyl (C=O) groups is 1. The van der Waals surface area contributed by atoms with Crippen molar-refractivity contribution in [3.05, 3.63) is 34.4 Å². The third-order valence-electron chi connectivity index (χ3n) is 2.20. The lowest BCUT2D eigenvalue weighted by Crippen LogP contribution is -2.34. The second-order valence-corrected chi connectivity index (χ2v) is 4.55. The Bertz CT molecular complexity index is 422. The molecule has 0 aromatic heterocycles. The summed E-state index contributed by atoms with van der Waals surface area (Å²) < 4.78 is 5.01. The van der Waals surface area contributed by atoms with E-state index < -0.39 is 16.9 Å². The number of hydrogen-bond acceptors (Lipinski definition) is 6. The van der Waals surface area contributed by atoms with Gasteiger partial charge < -0.3 is 10.5 Å². The zero-order valence-electron chi connectivity index (χ0n) is 9.87. The largest absolute Gasteiger partial charge is 0.425 e. The van der Waals surface area contributed by atoms with Crippen molar-refractivity contribution in [2.24, 2.45) is 5.73 Å². The molecule has 1 aromatic rings. The molecule has 0 radical (unpaired) electrons. The summed E-state index contributed by atoms with van der Waals surface area (Å²) in [5.41, 5.74) is 5.58. The quantitative estimate of drug-likeness (QED) is 0.365. The maximum atomic E-state index is 11.5. The first-order valence-corrected chi connectivity index (χ1v) is 6.64. The minimum atomic E-state index is -0.673. The van der Waals surface area contributed by atoms with Gasteiger partial charge in [0.1, 0.15) is 11.8 Å². The van der Waals surface area contributed by atoms with Gasteiger partial charge in [-0.05, 0) is 30.6 Å². The van der Waals surface area contributed by atoms with Gasteiger partial charge >= 0.3 is 5.97 Å². The average Bonchev–Trinajstić information content (AvgIpc) is 2.36. The fraction of sp³-hybridized carbons (Fsp3) is 0.364. The van der Waals surface area contributed by atoms with Crippen molar-refractivity contribution in [1.82, 2.24) is 0 Å². The topological polar surface area (TPSA) is 95.5 Å². The maximum absolute atomic E-state index is 11.5. The number of hydrogen-bond donors (Lipinski definition) is 1. The van der Waals surface area contributed by atoms with Gasteiger partial charge in [-0.15, -0.1) is 0 Å². The number of esters is 1. The van der Waals surface area contributed by atoms with Crippen LogP contribution in [0.2, 0.25) is 0 Å². The van der Waals surface area contributed by atoms with Gasteiger partial charge in [0, 0.05) is 12.1 Å². The Morgan fingerprint density at radius 1 is 1.50 bits per heavy atom. The van der Waals surface area contributed by atoms with Crippen molar-refractivity contribution in [2.75, 3.05) is 12.0 Å². The summed E-state index contributed by atoms with van der Waals surface area (Å²) in [7, 11) is 0. The first-order valence-electron chi connectivity index (χ1n) is 5.25. The third kappa shape index (κ3) is 4.34. The van der Waals surface area contributed by atoms with E-state index in [9.17, 15) is 14.9 Å². The number of nitro benzene ring substituents is 1. The van der Waals surface area contributed by atoms with E-state index in [-0.39, 0.29) is 11.4 Å². The number of carbonyl (C=O) groups excluding carboxylic acids is 1. The van der Waals surface area contributed by atoms with Gasteiger partial charge in [0.25, 0.3) is 5.69 Å². The molecular weight excluding hydrogens is 256 g/mol. The Labute approximate surface area is 109 Å². The van der Waals surface area contributed by atoms with Crippen LogP contribution in [0.3, 0.4) is 0 Å². The number of nitrogens with two attached hydrogens (primary N) is 1. The minimum absolute atomic E-state index is 0.0542. The average molecular weight is 270 g/mol. The van der Waals surface area contributed by atoms with Gasteiger partial charge in [-0.3, -0.25) is 10.1 Å². The predicted molar refractivity (Wildman–Crippen MR) is 69.7 cm³/mol. The van der Waals surface area contributed by atoms with Gasteiger partial charge in [0.2, 0.25) is 0 Å². The molecule has 0 bridgehead atoms. The van der Waals surface area contributed by atoms with Crippen LogP contribution in [0.4, 0.5) is 5.69 Å². The summed E-state index contributed by atoms with van der Waals surface area (Å²) in [4.78, 5) is 21.5. The summed E-state index contributed by atoms with van der Waals surface area (Å²) >= 11 is 1.60. The zero-order chi connectivity index (χ0) is 13.5. The van der Waals surface area contributed by atoms with Crippen LogP contribution < -0.4 is 10.5 Å². The van der Waals surface area contributed by atoms with Gasteiger partial charge in [-0.25, -0.2) is 4.79 Å². The fourth-order valence-electron chi connectivity index (χ4n) is 1.19. The van der Waals surface area contributed by atoms with E-state index in [0.717, 1.165) is 5.75 Å². The molecular formula is C11H14N2O4S. The lowest BCUT2D eigenvalue weighted by molar-refractivity contribution is -0.384. The maximum Gasteiger partial charge on any atom is 0.328 e. The Hall–Kier alpha value is -1.60. The normalized spacial score (nSPS) is 11.9. The molecule has 0 aliphatic rings. The van der Waals surface area contributed by atoms with Crippen molar-refractivity contribution in [3.63, 3.8) is 0 Å². The molecule has 6 nitrogen and oxygen atoms in total. The minimum Gasteiger partial charge on any atom is -0.425 e. The molecule has 1 aromatic carbocycles. The molecule has 0 heterocycles. The van der Waals surface area contributed by atoms with E-state index in [1.807, 2.05) is 6.26 Å². The molecule has 0 spiro atoms. The lowest BCUT2D eigenvalue weighted by Gasteiger charge is -2.10. The molecule has 1 rings (SSSR count). The molecule has 1 unspecified atom stereocenters. The number of nitro groups is 1. The van der Waals surface area contributed by atoms with Gasteiger partial charge in [-0.2, -0.15) is 11.8 Å². The molecule has 0 aliphatic carbocycles. The van der Waals surface area contributed by atoms with Crippen molar-refractivity contribution >= 4 is 23.4 Å². The molecule has 2 N–H and O–H groups in total. The number of ether oxygens (including phenoxy) is 1. The summed E-state index contributed by atoms with van der Waals surface area (Å²) in [5.74, 6) is 0.499. The van der Waals surface area contributed by atoms with Gasteiger partial charge in [0.15, 0.2) is 0 Å². The molecule has 0 saturated carbocycles. The summed E-state index contributed by atoms with van der Waals surface area (Å²) in [6.07, 6.45) is 2.46. The number of rotatable bonds is 6. The standard InChI is InChI=1S/C11H14N2O4S/c1-18-7-6-10(12)11(14)17-9-4-2-8(3-5-9)13(15)16/h2-5,10H,6-7,12H2,1H3. The Morgan fingerprint density at radius 2 is 2.11 bits per heavy atom. The molecule has 0 amide bonds. The highest BCUT2D eigenvalue weighted by atomic mass is 32.2. The molecule has 98 valence electrons. The lowest BCUT2D eigenvalue weighted by atomic mass is 10.2. The number of nitrogens with zero attached hydrogens (tertiary/aromatic N) is 1. The van der Waals surface area contributed by atoms with Crippen LogP contribution in [0.15, 0.2) is 24.3 Å². The second kappa shape index (κ2) is 6.97. The molecule has 7 heteroatoms. The van der Waals surface area contributed by atoms with Crippen LogP contribution in [0, 0.1) is 10.1 Å². The van der Waals surface area contributed by atoms with Crippen molar-refractivity contribution < 1.29 is 14.5 Å². The van der Waals surface area contributed by atoms with Gasteiger partial charge in [-0.1, -0.05) is 0 Å². The van der Waals surface area contributed by atoms with Crippen molar-refractivity contribution in [1.29, 1.82) is 0 Å². The SMILES string of the molecule is CSCCC(N)C(=O)Oc1ccc([N+](=O)[O-])cc1. The summed E-state index contributed by atoms with van der Waals surface area (Å²) in [6.45, 7) is 0. The van der Waals surface area contributed by atoms with Crippen LogP contribution in [0.1, 0.15) is 6.42 Å². The van der Waals surface area contributed by atoms with Gasteiger partial charge in [0.05, 0.1) is 4.92 Å². The van der Waals surface area contributed by atoms with Crippen molar-refractivity contribution in [2.45, 2.75) is 12.5 Å². The summed E-state index contributed by atoms with van der Waals surface area (Å²) in [6, 6.07) is 4.62. The molecule has 0 saturated heterocycles. The van der Waals surface area contributed by atoms with E-state index >= 15 is 0 Å². The fourth-order valence-corrected chi connectivity index (χ4v) is 1.68. The van der Waals surface area contributed by atoms with E-state index in [4.69, 9.17) is 10.5 Å². The first-order chi connectivity index (χ1) is 8.54. The highest BCUT2D eigenvalue weighted by molar-refractivity contribution is 7.98. The molecule has 0 aliphatic heterocycles. The molecule has 0 fully saturated rings. The Balaban J connectivity index is 2.56. The highest BCUT2D eigenvalue weighted by Gasteiger charge is 2.15. The van der Waals surface area contributed by atoms with E-state index in [2.05, 4.69) is 0 Å². The first kappa shape index (κ1) is 14.5. The third-order valence-corrected chi connectivity index (χ3v) is 2.85. The highest BCUT2D eigenvalue weighted by Crippen LogP contribution is 2.17. The predicted octanol–water partition coefficient (Wildman–Crippen LogP) is 1.58. The van der Waals surface area contributed by atoms with E-state index in [0.29, 0.717) is 6.42 Å². The van der Waals surface area contributed by atoms with Crippen LogP contribution in [-0.2, 0) is 4.79 Å². The smallest absolute Gasteiger partial charge is 0.328 e. The van der Waals surface area contributed by atoms with Crippen LogP contribution in [0.5, 0.6) is 5.75 Å². The molecule has 18 heavy (non-hydrogen) atoms. The number of non-ortho nitro benzene ring substituents is 1. The monoisotopic (exact) mass is 270 g/mol. The van der Waals surface area contributed by atoms with Crippen LogP contribution >= 0.6 is 11.8 Å². The number of benzene rings is 1. The Kier molecular flexibility index (Phi) is 5.60. The molecule has 1 atom stereocenters. The van der Waals surface area contributed by atoms with Crippen LogP contribution in [0.25, 0.3) is 0 Å². The Morgan fingerprint density at radius 3 is 2.61 bits per heavy atom. The van der Waals surface area contributed by atoms with E-state index in [1.54, 1.807) is 11.8 Å². The van der Waals surface area contributed by atoms with Crippen LogP contribution in [-0.4, -0.2) is 28.9 Å². The van der Waals surface area contributed by atoms with E-state index in [1.165, 1.54) is 24.3 Å². The summed E-state index contributed by atoms with van der Waals surface area (Å²) in [5, 5.41) is 10.4. The van der Waals surface area contributed by atoms with Crippen molar-refractivity contribution in [3.8, 4) is 5.75 Å².